The number of rotatable bonds is 4. The fourth-order valence-corrected chi connectivity index (χ4v) is 2.91. The molecule has 0 unspecified atom stereocenters. The molecular weight excluding hydrogens is 292 g/mol. The smallest absolute Gasteiger partial charge is 0.272 e. The van der Waals surface area contributed by atoms with Crippen molar-refractivity contribution < 1.29 is 9.53 Å². The van der Waals surface area contributed by atoms with E-state index in [9.17, 15) is 4.79 Å². The van der Waals surface area contributed by atoms with Crippen molar-refractivity contribution in [2.75, 3.05) is 6.54 Å². The highest BCUT2D eigenvalue weighted by atomic mass is 16.5. The molecule has 0 bridgehead atoms. The van der Waals surface area contributed by atoms with Gasteiger partial charge in [0.05, 0.1) is 17.9 Å². The Bertz CT molecular complexity index is 693. The number of carbonyl (C=O) groups excluding carboxylic acids is 1. The van der Waals surface area contributed by atoms with Crippen molar-refractivity contribution in [3.8, 4) is 0 Å². The average Bonchev–Trinajstić information content (AvgIpc) is 2.93. The van der Waals surface area contributed by atoms with E-state index in [4.69, 9.17) is 4.74 Å². The molecule has 122 valence electrons. The Labute approximate surface area is 135 Å². The first-order valence-electron chi connectivity index (χ1n) is 7.97. The number of nitrogens with zero attached hydrogens (tertiary/aromatic N) is 2. The third-order valence-electron chi connectivity index (χ3n) is 4.12. The van der Waals surface area contributed by atoms with E-state index in [0.29, 0.717) is 18.7 Å². The minimum Gasteiger partial charge on any atom is -0.369 e. The quantitative estimate of drug-likeness (QED) is 0.906. The second-order valence-electron chi connectivity index (χ2n) is 6.07. The highest BCUT2D eigenvalue weighted by Crippen LogP contribution is 2.29. The van der Waals surface area contributed by atoms with Crippen LogP contribution in [0.2, 0.25) is 0 Å². The molecule has 6 heteroatoms. The van der Waals surface area contributed by atoms with Gasteiger partial charge in [-0.25, -0.2) is 0 Å². The maximum absolute atomic E-state index is 12.4. The van der Waals surface area contributed by atoms with E-state index >= 15 is 0 Å². The zero-order valence-corrected chi connectivity index (χ0v) is 13.7. The van der Waals surface area contributed by atoms with Crippen LogP contribution in [-0.2, 0) is 17.6 Å². The molecule has 0 fully saturated rings. The van der Waals surface area contributed by atoms with E-state index in [1.54, 1.807) is 0 Å². The number of aryl methyl sites for hydroxylation is 1. The topological polar surface area (TPSA) is 79.9 Å². The Morgan fingerprint density at radius 1 is 1.43 bits per heavy atom. The van der Waals surface area contributed by atoms with Crippen LogP contribution in [0.5, 0.6) is 0 Å². The third kappa shape index (κ3) is 3.42. The minimum atomic E-state index is -0.135. The number of fused-ring (bicyclic) bond motifs is 1. The second kappa shape index (κ2) is 6.50. The van der Waals surface area contributed by atoms with Crippen LogP contribution in [0.3, 0.4) is 0 Å². The summed E-state index contributed by atoms with van der Waals surface area (Å²) in [7, 11) is 0. The normalized spacial score (nSPS) is 20.1. The summed E-state index contributed by atoms with van der Waals surface area (Å²) in [4.78, 5) is 16.6. The van der Waals surface area contributed by atoms with Gasteiger partial charge in [-0.05, 0) is 38.8 Å². The predicted octanol–water partition coefficient (Wildman–Crippen LogP) is 2.11. The van der Waals surface area contributed by atoms with Crippen LogP contribution < -0.4 is 5.32 Å². The van der Waals surface area contributed by atoms with Gasteiger partial charge in [0.25, 0.3) is 5.91 Å². The molecule has 23 heavy (non-hydrogen) atoms. The van der Waals surface area contributed by atoms with Gasteiger partial charge in [-0.3, -0.25) is 14.9 Å². The number of hydrogen-bond acceptors (Lipinski definition) is 4. The number of aromatic nitrogens is 3. The van der Waals surface area contributed by atoms with Crippen LogP contribution in [0, 0.1) is 6.92 Å². The van der Waals surface area contributed by atoms with Gasteiger partial charge >= 0.3 is 0 Å². The van der Waals surface area contributed by atoms with Crippen molar-refractivity contribution in [3.63, 3.8) is 0 Å². The first-order valence-corrected chi connectivity index (χ1v) is 7.97. The molecule has 0 radical (unpaired) electrons. The number of nitrogens with one attached hydrogen (secondary N) is 2. The van der Waals surface area contributed by atoms with Crippen LogP contribution >= 0.6 is 0 Å². The lowest BCUT2D eigenvalue weighted by Gasteiger charge is -2.25. The van der Waals surface area contributed by atoms with Gasteiger partial charge in [-0.2, -0.15) is 5.10 Å². The van der Waals surface area contributed by atoms with Crippen LogP contribution in [0.1, 0.15) is 53.0 Å². The van der Waals surface area contributed by atoms with E-state index in [1.165, 1.54) is 0 Å². The number of H-pyrrole nitrogens is 1. The molecule has 2 aromatic heterocycles. The monoisotopic (exact) mass is 314 g/mol. The van der Waals surface area contributed by atoms with Gasteiger partial charge in [-0.15, -0.1) is 0 Å². The standard InChI is InChI=1S/C17H22N4O2/c1-10-4-5-13(9-19-10)6-7-18-17(22)16-14-8-11(2)23-12(3)15(14)20-21-16/h4-5,9,11-12H,6-8H2,1-3H3,(H,18,22)(H,20,21)/t11-,12+/m1/s1. The summed E-state index contributed by atoms with van der Waals surface area (Å²) in [5.74, 6) is -0.135. The lowest BCUT2D eigenvalue weighted by atomic mass is 9.99. The van der Waals surface area contributed by atoms with Crippen molar-refractivity contribution in [3.05, 3.63) is 46.5 Å². The summed E-state index contributed by atoms with van der Waals surface area (Å²) in [6.45, 7) is 6.50. The Balaban J connectivity index is 1.62. The average molecular weight is 314 g/mol. The van der Waals surface area contributed by atoms with Crippen molar-refractivity contribution in [2.45, 2.75) is 45.8 Å². The van der Waals surface area contributed by atoms with Gasteiger partial charge < -0.3 is 10.1 Å². The zero-order chi connectivity index (χ0) is 16.4. The lowest BCUT2D eigenvalue weighted by Crippen LogP contribution is -2.29. The van der Waals surface area contributed by atoms with Crippen LogP contribution in [0.4, 0.5) is 0 Å². The number of pyridine rings is 1. The van der Waals surface area contributed by atoms with Crippen LogP contribution in [0.15, 0.2) is 18.3 Å². The Kier molecular flexibility index (Phi) is 4.43. The summed E-state index contributed by atoms with van der Waals surface area (Å²) in [5.41, 5.74) is 4.48. The largest absolute Gasteiger partial charge is 0.369 e. The molecule has 2 atom stereocenters. The summed E-state index contributed by atoms with van der Waals surface area (Å²) >= 11 is 0. The van der Waals surface area contributed by atoms with Crippen molar-refractivity contribution in [2.24, 2.45) is 0 Å². The molecule has 1 amide bonds. The zero-order valence-electron chi connectivity index (χ0n) is 13.7. The molecule has 0 saturated heterocycles. The molecule has 6 nitrogen and oxygen atoms in total. The van der Waals surface area contributed by atoms with Crippen LogP contribution in [-0.4, -0.2) is 33.7 Å². The second-order valence-corrected chi connectivity index (χ2v) is 6.07. The fraction of sp³-hybridized carbons (Fsp3) is 0.471. The van der Waals surface area contributed by atoms with E-state index in [2.05, 4.69) is 20.5 Å². The van der Waals surface area contributed by atoms with Gasteiger partial charge in [0.1, 0.15) is 0 Å². The molecule has 0 saturated carbocycles. The summed E-state index contributed by atoms with van der Waals surface area (Å²) in [6, 6.07) is 4.01. The predicted molar refractivity (Wildman–Crippen MR) is 86.3 cm³/mol. The van der Waals surface area contributed by atoms with Crippen molar-refractivity contribution in [1.82, 2.24) is 20.5 Å². The molecule has 3 rings (SSSR count). The highest BCUT2D eigenvalue weighted by Gasteiger charge is 2.29. The number of ether oxygens (including phenoxy) is 1. The number of amides is 1. The Morgan fingerprint density at radius 3 is 3.00 bits per heavy atom. The molecule has 3 heterocycles. The van der Waals surface area contributed by atoms with E-state index in [-0.39, 0.29) is 18.1 Å². The van der Waals surface area contributed by atoms with E-state index in [1.807, 2.05) is 39.1 Å². The first kappa shape index (κ1) is 15.7. The van der Waals surface area contributed by atoms with Gasteiger partial charge in [-0.1, -0.05) is 6.07 Å². The summed E-state index contributed by atoms with van der Waals surface area (Å²) in [6.07, 6.45) is 3.35. The molecular formula is C17H22N4O2. The lowest BCUT2D eigenvalue weighted by molar-refractivity contribution is -0.00697. The molecule has 0 spiro atoms. The maximum atomic E-state index is 12.4. The maximum Gasteiger partial charge on any atom is 0.272 e. The van der Waals surface area contributed by atoms with Crippen molar-refractivity contribution >= 4 is 5.91 Å². The summed E-state index contributed by atoms with van der Waals surface area (Å²) < 4.78 is 5.74. The van der Waals surface area contributed by atoms with Gasteiger partial charge in [0, 0.05) is 30.4 Å². The van der Waals surface area contributed by atoms with E-state index < -0.39 is 0 Å². The molecule has 2 N–H and O–H groups in total. The highest BCUT2D eigenvalue weighted by molar-refractivity contribution is 5.94. The Morgan fingerprint density at radius 2 is 2.26 bits per heavy atom. The first-order chi connectivity index (χ1) is 11.0. The molecule has 1 aliphatic rings. The fourth-order valence-electron chi connectivity index (χ4n) is 2.91. The SMILES string of the molecule is Cc1ccc(CCNC(=O)c2n[nH]c3c2C[C@@H](C)O[C@H]3C)cn1. The number of hydrogen-bond donors (Lipinski definition) is 2. The molecule has 0 aromatic carbocycles. The van der Waals surface area contributed by atoms with Crippen LogP contribution in [0.25, 0.3) is 0 Å². The molecule has 1 aliphatic heterocycles. The van der Waals surface area contributed by atoms with E-state index in [0.717, 1.165) is 28.9 Å². The number of aromatic amines is 1. The third-order valence-corrected chi connectivity index (χ3v) is 4.12. The number of carbonyl (C=O) groups is 1. The van der Waals surface area contributed by atoms with Gasteiger partial charge in [0.2, 0.25) is 0 Å². The molecule has 2 aromatic rings. The van der Waals surface area contributed by atoms with Crippen molar-refractivity contribution in [1.29, 1.82) is 0 Å². The van der Waals surface area contributed by atoms with Gasteiger partial charge in [0.15, 0.2) is 5.69 Å². The summed E-state index contributed by atoms with van der Waals surface area (Å²) in [5, 5.41) is 10.1. The molecule has 0 aliphatic carbocycles. The minimum absolute atomic E-state index is 0.0542. The Hall–Kier alpha value is -2.21.